The summed E-state index contributed by atoms with van der Waals surface area (Å²) in [6, 6.07) is 5.03. The molecule has 6 nitrogen and oxygen atoms in total. The minimum atomic E-state index is -0.192. The number of hydrogen-bond donors (Lipinski definition) is 1. The van der Waals surface area contributed by atoms with E-state index in [4.69, 9.17) is 23.2 Å². The molecule has 0 bridgehead atoms. The standard InChI is InChI=1S/C12H13Cl2N5OS/c1-7(2)19-12(16-17-18-19)21-6-11(20)15-10-4-3-8(13)5-9(10)14/h3-5,7H,6H2,1-2H3,(H,15,20). The van der Waals surface area contributed by atoms with Gasteiger partial charge in [-0.15, -0.1) is 5.10 Å². The second-order valence-electron chi connectivity index (χ2n) is 4.46. The minimum absolute atomic E-state index is 0.135. The molecule has 0 fully saturated rings. The average Bonchev–Trinajstić information content (AvgIpc) is 2.88. The lowest BCUT2D eigenvalue weighted by atomic mass is 10.3. The molecule has 21 heavy (non-hydrogen) atoms. The first kappa shape index (κ1) is 16.1. The molecular formula is C12H13Cl2N5OS. The summed E-state index contributed by atoms with van der Waals surface area (Å²) in [6.07, 6.45) is 0. The van der Waals surface area contributed by atoms with E-state index in [1.165, 1.54) is 11.8 Å². The molecule has 1 aromatic carbocycles. The normalized spacial score (nSPS) is 10.9. The van der Waals surface area contributed by atoms with Crippen molar-refractivity contribution in [1.29, 1.82) is 0 Å². The second-order valence-corrected chi connectivity index (χ2v) is 6.25. The van der Waals surface area contributed by atoms with Gasteiger partial charge < -0.3 is 5.32 Å². The van der Waals surface area contributed by atoms with Gasteiger partial charge in [-0.2, -0.15) is 0 Å². The van der Waals surface area contributed by atoms with Gasteiger partial charge in [-0.3, -0.25) is 4.79 Å². The van der Waals surface area contributed by atoms with Crippen molar-refractivity contribution in [3.05, 3.63) is 28.2 Å². The van der Waals surface area contributed by atoms with Crippen LogP contribution in [0.15, 0.2) is 23.4 Å². The van der Waals surface area contributed by atoms with Crippen LogP contribution in [0, 0.1) is 0 Å². The van der Waals surface area contributed by atoms with E-state index in [0.29, 0.717) is 20.9 Å². The molecule has 2 rings (SSSR count). The van der Waals surface area contributed by atoms with Gasteiger partial charge >= 0.3 is 0 Å². The molecule has 0 unspecified atom stereocenters. The number of carbonyl (C=O) groups excluding carboxylic acids is 1. The lowest BCUT2D eigenvalue weighted by Crippen LogP contribution is -2.15. The van der Waals surface area contributed by atoms with Gasteiger partial charge in [0.15, 0.2) is 0 Å². The topological polar surface area (TPSA) is 72.7 Å². The number of tetrazole rings is 1. The van der Waals surface area contributed by atoms with E-state index < -0.39 is 0 Å². The molecule has 0 atom stereocenters. The highest BCUT2D eigenvalue weighted by molar-refractivity contribution is 7.99. The lowest BCUT2D eigenvalue weighted by Gasteiger charge is -2.08. The zero-order chi connectivity index (χ0) is 15.4. The van der Waals surface area contributed by atoms with Gasteiger partial charge in [0.05, 0.1) is 22.5 Å². The Kier molecular flexibility index (Phi) is 5.44. The predicted molar refractivity (Wildman–Crippen MR) is 84.0 cm³/mol. The number of anilines is 1. The Labute approximate surface area is 136 Å². The Morgan fingerprint density at radius 1 is 1.43 bits per heavy atom. The van der Waals surface area contributed by atoms with Crippen LogP contribution in [0.3, 0.4) is 0 Å². The second kappa shape index (κ2) is 7.11. The molecule has 0 aliphatic rings. The number of rotatable bonds is 5. The Bertz CT molecular complexity index is 646. The maximum absolute atomic E-state index is 11.9. The van der Waals surface area contributed by atoms with E-state index in [-0.39, 0.29) is 17.7 Å². The highest BCUT2D eigenvalue weighted by Gasteiger charge is 2.13. The monoisotopic (exact) mass is 345 g/mol. The maximum Gasteiger partial charge on any atom is 0.234 e. The van der Waals surface area contributed by atoms with Gasteiger partial charge in [0.25, 0.3) is 0 Å². The average molecular weight is 346 g/mol. The number of amides is 1. The van der Waals surface area contributed by atoms with E-state index >= 15 is 0 Å². The molecule has 112 valence electrons. The molecule has 1 amide bonds. The first-order valence-corrected chi connectivity index (χ1v) is 7.87. The SMILES string of the molecule is CC(C)n1nnnc1SCC(=O)Nc1ccc(Cl)cc1Cl. The van der Waals surface area contributed by atoms with Crippen LogP contribution in [0.25, 0.3) is 0 Å². The Morgan fingerprint density at radius 3 is 2.86 bits per heavy atom. The van der Waals surface area contributed by atoms with E-state index in [0.717, 1.165) is 0 Å². The van der Waals surface area contributed by atoms with Crippen LogP contribution in [0.2, 0.25) is 10.0 Å². The summed E-state index contributed by atoms with van der Waals surface area (Å²) in [5.74, 6) is -0.00555. The zero-order valence-electron chi connectivity index (χ0n) is 11.4. The van der Waals surface area contributed by atoms with Crippen molar-refractivity contribution in [3.63, 3.8) is 0 Å². The van der Waals surface area contributed by atoms with Gasteiger partial charge in [-0.25, -0.2) is 4.68 Å². The first-order valence-electron chi connectivity index (χ1n) is 6.13. The number of nitrogens with one attached hydrogen (secondary N) is 1. The van der Waals surface area contributed by atoms with E-state index in [9.17, 15) is 4.79 Å². The van der Waals surface area contributed by atoms with Crippen LogP contribution in [0.4, 0.5) is 5.69 Å². The molecule has 0 aliphatic heterocycles. The van der Waals surface area contributed by atoms with Gasteiger partial charge in [-0.1, -0.05) is 35.0 Å². The third-order valence-corrected chi connectivity index (χ3v) is 3.97. The lowest BCUT2D eigenvalue weighted by molar-refractivity contribution is -0.113. The van der Waals surface area contributed by atoms with Crippen LogP contribution in [0.5, 0.6) is 0 Å². The smallest absolute Gasteiger partial charge is 0.234 e. The number of aromatic nitrogens is 4. The van der Waals surface area contributed by atoms with Gasteiger partial charge in [0.2, 0.25) is 11.1 Å². The van der Waals surface area contributed by atoms with Gasteiger partial charge in [0.1, 0.15) is 0 Å². The van der Waals surface area contributed by atoms with Crippen LogP contribution >= 0.6 is 35.0 Å². The number of benzene rings is 1. The third-order valence-electron chi connectivity index (χ3n) is 2.49. The fourth-order valence-corrected chi connectivity index (χ4v) is 2.77. The number of hydrogen-bond acceptors (Lipinski definition) is 5. The quantitative estimate of drug-likeness (QED) is 0.841. The Balaban J connectivity index is 1.94. The van der Waals surface area contributed by atoms with E-state index in [1.54, 1.807) is 22.9 Å². The van der Waals surface area contributed by atoms with Crippen molar-refractivity contribution >= 4 is 46.6 Å². The van der Waals surface area contributed by atoms with Crippen molar-refractivity contribution in [3.8, 4) is 0 Å². The van der Waals surface area contributed by atoms with Crippen molar-refractivity contribution in [2.24, 2.45) is 0 Å². The Morgan fingerprint density at radius 2 is 2.19 bits per heavy atom. The fraction of sp³-hybridized carbons (Fsp3) is 0.333. The molecule has 0 spiro atoms. The van der Waals surface area contributed by atoms with E-state index in [1.807, 2.05) is 13.8 Å². The molecule has 0 radical (unpaired) electrons. The fourth-order valence-electron chi connectivity index (χ4n) is 1.51. The molecular weight excluding hydrogens is 333 g/mol. The number of thioether (sulfide) groups is 1. The molecule has 1 N–H and O–H groups in total. The number of nitrogens with zero attached hydrogens (tertiary/aromatic N) is 4. The molecule has 0 saturated carbocycles. The largest absolute Gasteiger partial charge is 0.324 e. The predicted octanol–water partition coefficient (Wildman–Crippen LogP) is 3.29. The molecule has 1 aromatic heterocycles. The van der Waals surface area contributed by atoms with Crippen molar-refractivity contribution in [2.45, 2.75) is 25.0 Å². The van der Waals surface area contributed by atoms with Crippen molar-refractivity contribution in [1.82, 2.24) is 20.2 Å². The summed E-state index contributed by atoms with van der Waals surface area (Å²) in [7, 11) is 0. The maximum atomic E-state index is 11.9. The van der Waals surface area contributed by atoms with Crippen LogP contribution in [-0.2, 0) is 4.79 Å². The van der Waals surface area contributed by atoms with Crippen molar-refractivity contribution < 1.29 is 4.79 Å². The summed E-state index contributed by atoms with van der Waals surface area (Å²) in [5, 5.41) is 15.6. The summed E-state index contributed by atoms with van der Waals surface area (Å²) < 4.78 is 1.66. The highest BCUT2D eigenvalue weighted by atomic mass is 35.5. The molecule has 0 aliphatic carbocycles. The zero-order valence-corrected chi connectivity index (χ0v) is 13.7. The number of halogens is 2. The van der Waals surface area contributed by atoms with Gasteiger partial charge in [0, 0.05) is 5.02 Å². The molecule has 1 heterocycles. The Hall–Kier alpha value is -1.31. The highest BCUT2D eigenvalue weighted by Crippen LogP contribution is 2.26. The summed E-state index contributed by atoms with van der Waals surface area (Å²) in [4.78, 5) is 11.9. The molecule has 0 saturated heterocycles. The molecule has 9 heteroatoms. The minimum Gasteiger partial charge on any atom is -0.324 e. The summed E-state index contributed by atoms with van der Waals surface area (Å²) in [5.41, 5.74) is 0.523. The van der Waals surface area contributed by atoms with Crippen LogP contribution in [-0.4, -0.2) is 31.9 Å². The van der Waals surface area contributed by atoms with Crippen LogP contribution < -0.4 is 5.32 Å². The van der Waals surface area contributed by atoms with Gasteiger partial charge in [-0.05, 0) is 42.5 Å². The molecule has 2 aromatic rings. The van der Waals surface area contributed by atoms with Crippen molar-refractivity contribution in [2.75, 3.05) is 11.1 Å². The summed E-state index contributed by atoms with van der Waals surface area (Å²) in [6.45, 7) is 3.93. The summed E-state index contributed by atoms with van der Waals surface area (Å²) >= 11 is 13.1. The van der Waals surface area contributed by atoms with E-state index in [2.05, 4.69) is 20.8 Å². The first-order chi connectivity index (χ1) is 9.97. The number of carbonyl (C=O) groups is 1. The third kappa shape index (κ3) is 4.33. The van der Waals surface area contributed by atoms with Crippen LogP contribution in [0.1, 0.15) is 19.9 Å².